The first-order valence-corrected chi connectivity index (χ1v) is 10.3. The lowest BCUT2D eigenvalue weighted by Crippen LogP contribution is -2.19. The molecule has 0 aliphatic carbocycles. The molecule has 0 unspecified atom stereocenters. The van der Waals surface area contributed by atoms with Crippen molar-refractivity contribution in [3.63, 3.8) is 0 Å². The van der Waals surface area contributed by atoms with Crippen molar-refractivity contribution in [2.45, 2.75) is 27.2 Å². The molecule has 0 fully saturated rings. The fraction of sp³-hybridized carbons (Fsp3) is 0.217. The minimum atomic E-state index is -0.162. The van der Waals surface area contributed by atoms with E-state index in [2.05, 4.69) is 43.2 Å². The Morgan fingerprint density at radius 1 is 1.17 bits per heavy atom. The number of benzene rings is 2. The number of hydrogen-bond acceptors (Lipinski definition) is 3. The summed E-state index contributed by atoms with van der Waals surface area (Å²) in [7, 11) is 0. The molecule has 0 aliphatic rings. The molecule has 1 heterocycles. The van der Waals surface area contributed by atoms with Crippen molar-refractivity contribution in [3.8, 4) is 11.4 Å². The number of amides is 1. The molecule has 5 nitrogen and oxygen atoms in total. The Balaban J connectivity index is 1.65. The van der Waals surface area contributed by atoms with Crippen molar-refractivity contribution in [2.75, 3.05) is 6.61 Å². The highest BCUT2D eigenvalue weighted by Crippen LogP contribution is 2.26. The third-order valence-corrected chi connectivity index (χ3v) is 5.23. The number of hydrazone groups is 1. The lowest BCUT2D eigenvalue weighted by Gasteiger charge is -2.11. The third-order valence-electron chi connectivity index (χ3n) is 4.56. The number of nitrogens with one attached hydrogen (secondary N) is 1. The molecule has 0 saturated heterocycles. The maximum Gasteiger partial charge on any atom is 0.244 e. The average Bonchev–Trinajstić information content (AvgIpc) is 2.97. The first-order chi connectivity index (χ1) is 14.0. The molecule has 1 N–H and O–H groups in total. The van der Waals surface area contributed by atoms with Gasteiger partial charge >= 0.3 is 0 Å². The van der Waals surface area contributed by atoms with E-state index in [4.69, 9.17) is 4.74 Å². The zero-order chi connectivity index (χ0) is 20.8. The summed E-state index contributed by atoms with van der Waals surface area (Å²) in [4.78, 5) is 12.2. The summed E-state index contributed by atoms with van der Waals surface area (Å²) in [6.07, 6.45) is 1.95. The van der Waals surface area contributed by atoms with E-state index in [1.807, 2.05) is 63.2 Å². The zero-order valence-corrected chi connectivity index (χ0v) is 18.4. The van der Waals surface area contributed by atoms with Crippen LogP contribution in [0.15, 0.2) is 64.2 Å². The normalized spacial score (nSPS) is 11.0. The molecule has 150 valence electrons. The van der Waals surface area contributed by atoms with Crippen LogP contribution in [0.25, 0.3) is 5.69 Å². The number of rotatable bonds is 7. The van der Waals surface area contributed by atoms with Crippen LogP contribution in [0.4, 0.5) is 0 Å². The van der Waals surface area contributed by atoms with Gasteiger partial charge in [0.15, 0.2) is 0 Å². The van der Waals surface area contributed by atoms with E-state index < -0.39 is 0 Å². The fourth-order valence-corrected chi connectivity index (χ4v) is 3.65. The van der Waals surface area contributed by atoms with Crippen molar-refractivity contribution >= 4 is 28.1 Å². The third kappa shape index (κ3) is 5.15. The second-order valence-corrected chi connectivity index (χ2v) is 7.51. The maximum absolute atomic E-state index is 12.2. The number of para-hydroxylation sites is 1. The number of ether oxygens (including phenoxy) is 1. The highest BCUT2D eigenvalue weighted by atomic mass is 79.9. The average molecular weight is 454 g/mol. The maximum atomic E-state index is 12.2. The van der Waals surface area contributed by atoms with Crippen LogP contribution < -0.4 is 10.2 Å². The topological polar surface area (TPSA) is 55.6 Å². The van der Waals surface area contributed by atoms with Crippen LogP contribution in [0, 0.1) is 13.8 Å². The summed E-state index contributed by atoms with van der Waals surface area (Å²) in [6, 6.07) is 17.6. The molecule has 2 aromatic carbocycles. The number of aryl methyl sites for hydroxylation is 1. The van der Waals surface area contributed by atoms with E-state index in [1.54, 1.807) is 6.21 Å². The molecule has 1 amide bonds. The second-order valence-electron chi connectivity index (χ2n) is 6.66. The summed E-state index contributed by atoms with van der Waals surface area (Å²) in [5.74, 6) is 0.639. The lowest BCUT2D eigenvalue weighted by atomic mass is 10.1. The largest absolute Gasteiger partial charge is 0.494 e. The number of nitrogens with zero attached hydrogens (tertiary/aromatic N) is 2. The van der Waals surface area contributed by atoms with Crippen LogP contribution in [0.5, 0.6) is 5.75 Å². The van der Waals surface area contributed by atoms with Gasteiger partial charge in [0.1, 0.15) is 5.75 Å². The van der Waals surface area contributed by atoms with Gasteiger partial charge in [-0.15, -0.1) is 0 Å². The van der Waals surface area contributed by atoms with Gasteiger partial charge in [-0.2, -0.15) is 5.10 Å². The number of halogens is 1. The summed E-state index contributed by atoms with van der Waals surface area (Å²) in [5.41, 5.74) is 7.70. The molecule has 0 atom stereocenters. The molecule has 0 aliphatic heterocycles. The van der Waals surface area contributed by atoms with Crippen LogP contribution in [-0.2, 0) is 11.2 Å². The van der Waals surface area contributed by atoms with Gasteiger partial charge in [-0.25, -0.2) is 5.43 Å². The van der Waals surface area contributed by atoms with Crippen molar-refractivity contribution in [2.24, 2.45) is 5.10 Å². The predicted octanol–water partition coefficient (Wildman–Crippen LogP) is 4.95. The molecular formula is C23H24BrN3O2. The van der Waals surface area contributed by atoms with E-state index in [0.29, 0.717) is 6.61 Å². The van der Waals surface area contributed by atoms with Gasteiger partial charge in [0.2, 0.25) is 5.91 Å². The molecule has 3 rings (SSSR count). The van der Waals surface area contributed by atoms with Crippen molar-refractivity contribution in [1.82, 2.24) is 9.99 Å². The smallest absolute Gasteiger partial charge is 0.244 e. The van der Waals surface area contributed by atoms with Crippen molar-refractivity contribution in [1.29, 1.82) is 0 Å². The molecule has 0 saturated carbocycles. The van der Waals surface area contributed by atoms with Crippen LogP contribution in [0.1, 0.15) is 29.4 Å². The van der Waals surface area contributed by atoms with Gasteiger partial charge in [0, 0.05) is 21.4 Å². The number of carbonyl (C=O) groups excluding carboxylic acids is 1. The van der Waals surface area contributed by atoms with Gasteiger partial charge in [-0.1, -0.05) is 24.3 Å². The van der Waals surface area contributed by atoms with Crippen LogP contribution in [0.2, 0.25) is 0 Å². The van der Waals surface area contributed by atoms with Crippen LogP contribution in [-0.4, -0.2) is 23.3 Å². The standard InChI is InChI=1S/C23H24BrN3O2/c1-4-29-20-11-9-18(10-12-20)14-23(28)26-25-15-19-13-16(2)27(17(19)3)22-8-6-5-7-21(22)24/h5-13,15H,4,14H2,1-3H3,(H,26,28)/b25-15-. The van der Waals surface area contributed by atoms with Gasteiger partial charge in [-0.05, 0) is 72.6 Å². The number of aromatic nitrogens is 1. The van der Waals surface area contributed by atoms with Crippen molar-refractivity contribution < 1.29 is 9.53 Å². The SMILES string of the molecule is CCOc1ccc(CC(=O)N/N=C\c2cc(C)n(-c3ccccc3Br)c2C)cc1. The fourth-order valence-electron chi connectivity index (χ4n) is 3.19. The highest BCUT2D eigenvalue weighted by Gasteiger charge is 2.11. The molecule has 0 spiro atoms. The Hall–Kier alpha value is -2.86. The van der Waals surface area contributed by atoms with Crippen LogP contribution in [0.3, 0.4) is 0 Å². The Kier molecular flexibility index (Phi) is 6.88. The number of carbonyl (C=O) groups is 1. The van der Waals surface area contributed by atoms with E-state index >= 15 is 0 Å². The van der Waals surface area contributed by atoms with Gasteiger partial charge < -0.3 is 9.30 Å². The molecule has 1 aromatic heterocycles. The summed E-state index contributed by atoms with van der Waals surface area (Å²) < 4.78 is 8.59. The molecular weight excluding hydrogens is 430 g/mol. The summed E-state index contributed by atoms with van der Waals surface area (Å²) in [6.45, 7) is 6.65. The van der Waals surface area contributed by atoms with E-state index in [1.165, 1.54) is 0 Å². The Bertz CT molecular complexity index is 1020. The molecule has 6 heteroatoms. The summed E-state index contributed by atoms with van der Waals surface area (Å²) in [5, 5.41) is 4.14. The van der Waals surface area contributed by atoms with E-state index in [9.17, 15) is 4.79 Å². The second kappa shape index (κ2) is 9.56. The van der Waals surface area contributed by atoms with E-state index in [0.717, 1.165) is 38.4 Å². The minimum absolute atomic E-state index is 0.162. The Morgan fingerprint density at radius 2 is 1.90 bits per heavy atom. The minimum Gasteiger partial charge on any atom is -0.494 e. The van der Waals surface area contributed by atoms with Crippen LogP contribution >= 0.6 is 15.9 Å². The number of hydrogen-bond donors (Lipinski definition) is 1. The van der Waals surface area contributed by atoms with E-state index in [-0.39, 0.29) is 12.3 Å². The zero-order valence-electron chi connectivity index (χ0n) is 16.8. The quantitative estimate of drug-likeness (QED) is 0.406. The molecule has 3 aromatic rings. The van der Waals surface area contributed by atoms with Gasteiger partial charge in [0.05, 0.1) is 24.9 Å². The molecule has 0 radical (unpaired) electrons. The Morgan fingerprint density at radius 3 is 2.59 bits per heavy atom. The van der Waals surface area contributed by atoms with Crippen molar-refractivity contribution in [3.05, 3.63) is 81.6 Å². The monoisotopic (exact) mass is 453 g/mol. The molecule has 0 bridgehead atoms. The first-order valence-electron chi connectivity index (χ1n) is 9.47. The summed E-state index contributed by atoms with van der Waals surface area (Å²) >= 11 is 3.61. The van der Waals surface area contributed by atoms with Gasteiger partial charge in [-0.3, -0.25) is 4.79 Å². The predicted molar refractivity (Wildman–Crippen MR) is 120 cm³/mol. The first kappa shape index (κ1) is 20.9. The van der Waals surface area contributed by atoms with Gasteiger partial charge in [0.25, 0.3) is 0 Å². The highest BCUT2D eigenvalue weighted by molar-refractivity contribution is 9.10. The molecule has 29 heavy (non-hydrogen) atoms. The lowest BCUT2D eigenvalue weighted by molar-refractivity contribution is -0.120. The Labute approximate surface area is 179 Å².